The molecule has 28 heavy (non-hydrogen) atoms. The Kier molecular flexibility index (Phi) is 16.6. The Labute approximate surface area is 179 Å². The molecule has 0 radical (unpaired) electrons. The fourth-order valence-electron chi connectivity index (χ4n) is 4.75. The fourth-order valence-corrected chi connectivity index (χ4v) is 4.75. The molecule has 0 N–H and O–H groups in total. The van der Waals surface area contributed by atoms with Crippen molar-refractivity contribution in [3.05, 3.63) is 0 Å². The van der Waals surface area contributed by atoms with Crippen LogP contribution in [-0.4, -0.2) is 47.1 Å². The number of nitrogens with zero attached hydrogens (tertiary/aromatic N) is 2. The maximum atomic E-state index is 2.68. The Morgan fingerprint density at radius 3 is 1.36 bits per heavy atom. The van der Waals surface area contributed by atoms with Gasteiger partial charge in [-0.3, -0.25) is 9.80 Å². The lowest BCUT2D eigenvalue weighted by Crippen LogP contribution is -2.38. The smallest absolute Gasteiger partial charge is 0.00412 e. The van der Waals surface area contributed by atoms with Crippen molar-refractivity contribution in [3.8, 4) is 0 Å². The average molecular weight is 397 g/mol. The van der Waals surface area contributed by atoms with Gasteiger partial charge < -0.3 is 0 Å². The summed E-state index contributed by atoms with van der Waals surface area (Å²) in [6.45, 7) is 23.6. The Morgan fingerprint density at radius 2 is 0.893 bits per heavy atom. The van der Waals surface area contributed by atoms with Crippen LogP contribution in [0, 0.1) is 5.92 Å². The van der Waals surface area contributed by atoms with Crippen LogP contribution in [0.2, 0.25) is 0 Å². The third-order valence-corrected chi connectivity index (χ3v) is 6.44. The van der Waals surface area contributed by atoms with Crippen LogP contribution in [0.4, 0.5) is 0 Å². The largest absolute Gasteiger partial charge is 0.299 e. The molecule has 0 aromatic rings. The van der Waals surface area contributed by atoms with E-state index >= 15 is 0 Å². The van der Waals surface area contributed by atoms with E-state index in [0.717, 1.165) is 5.92 Å². The normalized spacial score (nSPS) is 13.8. The maximum Gasteiger partial charge on any atom is 0.00412 e. The van der Waals surface area contributed by atoms with Crippen LogP contribution >= 0.6 is 0 Å². The summed E-state index contributed by atoms with van der Waals surface area (Å²) in [4.78, 5) is 5.32. The lowest BCUT2D eigenvalue weighted by atomic mass is 9.91. The van der Waals surface area contributed by atoms with Gasteiger partial charge in [-0.1, -0.05) is 58.3 Å². The molecule has 0 aromatic carbocycles. The molecular weight excluding hydrogens is 340 g/mol. The van der Waals surface area contributed by atoms with Crippen molar-refractivity contribution in [2.75, 3.05) is 13.1 Å². The molecule has 0 aliphatic rings. The Balaban J connectivity index is 4.23. The Hall–Kier alpha value is -0.0800. The van der Waals surface area contributed by atoms with Gasteiger partial charge in [-0.25, -0.2) is 0 Å². The molecule has 0 bridgehead atoms. The second-order valence-corrected chi connectivity index (χ2v) is 10.2. The Morgan fingerprint density at radius 1 is 0.464 bits per heavy atom. The van der Waals surface area contributed by atoms with Gasteiger partial charge >= 0.3 is 0 Å². The van der Waals surface area contributed by atoms with Gasteiger partial charge in [0.25, 0.3) is 0 Å². The molecule has 1 atom stereocenters. The quantitative estimate of drug-likeness (QED) is 0.218. The van der Waals surface area contributed by atoms with Gasteiger partial charge in [-0.05, 0) is 87.2 Å². The average Bonchev–Trinajstić information content (AvgIpc) is 2.59. The van der Waals surface area contributed by atoms with Gasteiger partial charge in [0.15, 0.2) is 0 Å². The highest BCUT2D eigenvalue weighted by Crippen LogP contribution is 2.23. The fraction of sp³-hybridized carbons (Fsp3) is 1.00. The first kappa shape index (κ1) is 27.9. The zero-order valence-electron chi connectivity index (χ0n) is 21.3. The molecule has 0 amide bonds. The molecule has 0 aromatic heterocycles. The lowest BCUT2D eigenvalue weighted by Gasteiger charge is -2.32. The first-order valence-corrected chi connectivity index (χ1v) is 12.7. The molecule has 0 rings (SSSR count). The molecule has 2 nitrogen and oxygen atoms in total. The molecule has 0 spiro atoms. The summed E-state index contributed by atoms with van der Waals surface area (Å²) in [5.41, 5.74) is 0. The molecule has 1 unspecified atom stereocenters. The SMILES string of the molecule is CCCCCC(CCCCCCN(C(C)C)C(C)C)CCN(C(C)C)C(C)C. The minimum atomic E-state index is 0.668. The predicted molar refractivity (Wildman–Crippen MR) is 129 cm³/mol. The molecule has 0 saturated heterocycles. The monoisotopic (exact) mass is 396 g/mol. The Bertz CT molecular complexity index is 319. The summed E-state index contributed by atoms with van der Waals surface area (Å²) in [7, 11) is 0. The van der Waals surface area contributed by atoms with Crippen molar-refractivity contribution in [1.82, 2.24) is 9.80 Å². The third kappa shape index (κ3) is 13.2. The van der Waals surface area contributed by atoms with E-state index in [1.165, 1.54) is 77.3 Å². The van der Waals surface area contributed by atoms with Crippen LogP contribution in [0.3, 0.4) is 0 Å². The minimum Gasteiger partial charge on any atom is -0.299 e. The van der Waals surface area contributed by atoms with Crippen molar-refractivity contribution in [1.29, 1.82) is 0 Å². The molecular formula is C26H56N2. The lowest BCUT2D eigenvalue weighted by molar-refractivity contribution is 0.158. The van der Waals surface area contributed by atoms with Crippen LogP contribution in [-0.2, 0) is 0 Å². The van der Waals surface area contributed by atoms with Crippen molar-refractivity contribution >= 4 is 0 Å². The van der Waals surface area contributed by atoms with Gasteiger partial charge in [0.05, 0.1) is 0 Å². The van der Waals surface area contributed by atoms with Gasteiger partial charge in [-0.2, -0.15) is 0 Å². The third-order valence-electron chi connectivity index (χ3n) is 6.44. The van der Waals surface area contributed by atoms with Crippen LogP contribution in [0.25, 0.3) is 0 Å². The maximum absolute atomic E-state index is 2.68. The standard InChI is InChI=1S/C26H56N2/c1-10-11-14-17-26(19-21-28(24(6)7)25(8)9)18-15-12-13-16-20-27(22(2)3)23(4)5/h22-26H,10-21H2,1-9H3. The van der Waals surface area contributed by atoms with Gasteiger partial charge in [0.2, 0.25) is 0 Å². The van der Waals surface area contributed by atoms with E-state index in [0.29, 0.717) is 24.2 Å². The van der Waals surface area contributed by atoms with E-state index in [4.69, 9.17) is 0 Å². The van der Waals surface area contributed by atoms with Crippen molar-refractivity contribution in [3.63, 3.8) is 0 Å². The van der Waals surface area contributed by atoms with E-state index in [9.17, 15) is 0 Å². The second kappa shape index (κ2) is 16.7. The van der Waals surface area contributed by atoms with Crippen LogP contribution in [0.5, 0.6) is 0 Å². The summed E-state index contributed by atoms with van der Waals surface area (Å²) in [5.74, 6) is 0.939. The molecule has 0 aliphatic carbocycles. The number of hydrogen-bond acceptors (Lipinski definition) is 2. The zero-order valence-corrected chi connectivity index (χ0v) is 21.3. The molecule has 0 saturated carbocycles. The summed E-state index contributed by atoms with van der Waals surface area (Å²) < 4.78 is 0. The van der Waals surface area contributed by atoms with E-state index in [2.05, 4.69) is 72.1 Å². The highest BCUT2D eigenvalue weighted by Gasteiger charge is 2.16. The second-order valence-electron chi connectivity index (χ2n) is 10.2. The van der Waals surface area contributed by atoms with E-state index in [1.54, 1.807) is 0 Å². The molecule has 170 valence electrons. The van der Waals surface area contributed by atoms with E-state index in [1.807, 2.05) is 0 Å². The van der Waals surface area contributed by atoms with Crippen molar-refractivity contribution < 1.29 is 0 Å². The summed E-state index contributed by atoms with van der Waals surface area (Å²) in [5, 5.41) is 0. The highest BCUT2D eigenvalue weighted by atomic mass is 15.2. The zero-order chi connectivity index (χ0) is 21.5. The molecule has 0 aliphatic heterocycles. The molecule has 0 heterocycles. The van der Waals surface area contributed by atoms with E-state index in [-0.39, 0.29) is 0 Å². The van der Waals surface area contributed by atoms with Crippen LogP contribution in [0.15, 0.2) is 0 Å². The number of rotatable bonds is 18. The van der Waals surface area contributed by atoms with Gasteiger partial charge in [0, 0.05) is 24.2 Å². The number of unbranched alkanes of at least 4 members (excludes halogenated alkanes) is 5. The van der Waals surface area contributed by atoms with Crippen LogP contribution < -0.4 is 0 Å². The van der Waals surface area contributed by atoms with Crippen LogP contribution in [0.1, 0.15) is 127 Å². The van der Waals surface area contributed by atoms with Crippen molar-refractivity contribution in [2.24, 2.45) is 5.92 Å². The summed E-state index contributed by atoms with van der Waals surface area (Å²) in [6, 6.07) is 2.68. The first-order chi connectivity index (χ1) is 13.2. The van der Waals surface area contributed by atoms with Crippen molar-refractivity contribution in [2.45, 2.75) is 151 Å². The predicted octanol–water partition coefficient (Wildman–Crippen LogP) is 7.76. The minimum absolute atomic E-state index is 0.668. The summed E-state index contributed by atoms with van der Waals surface area (Å²) >= 11 is 0. The highest BCUT2D eigenvalue weighted by molar-refractivity contribution is 4.71. The van der Waals surface area contributed by atoms with Gasteiger partial charge in [0.1, 0.15) is 0 Å². The molecule has 2 heteroatoms. The van der Waals surface area contributed by atoms with E-state index < -0.39 is 0 Å². The number of hydrogen-bond donors (Lipinski definition) is 0. The molecule has 0 fully saturated rings. The summed E-state index contributed by atoms with van der Waals surface area (Å²) in [6.07, 6.45) is 14.1. The van der Waals surface area contributed by atoms with Gasteiger partial charge in [-0.15, -0.1) is 0 Å². The topological polar surface area (TPSA) is 6.48 Å². The first-order valence-electron chi connectivity index (χ1n) is 12.7.